The molecule has 0 heterocycles. The molecule has 0 aliphatic heterocycles. The van der Waals surface area contributed by atoms with Gasteiger partial charge in [-0.25, -0.2) is 0 Å². The molecule has 3 aliphatic rings. The Bertz CT molecular complexity index is 2330. The van der Waals surface area contributed by atoms with E-state index in [1.807, 2.05) is 13.8 Å². The van der Waals surface area contributed by atoms with Crippen molar-refractivity contribution in [2.75, 3.05) is 0 Å². The molecule has 0 saturated heterocycles. The third-order valence-electron chi connectivity index (χ3n) is 10.4. The summed E-state index contributed by atoms with van der Waals surface area (Å²) in [5.41, 5.74) is 14.4. The molecule has 0 bridgehead atoms. The molecule has 0 spiro atoms. The van der Waals surface area contributed by atoms with Crippen LogP contribution >= 0.6 is 0 Å². The van der Waals surface area contributed by atoms with Crippen molar-refractivity contribution in [1.82, 2.24) is 0 Å². The molecule has 7 aromatic rings. The molecular formula is C45H36. The smallest absolute Gasteiger partial charge is 0.00234 e. The van der Waals surface area contributed by atoms with Crippen LogP contribution in [0.3, 0.4) is 0 Å². The molecule has 0 heteroatoms. The first kappa shape index (κ1) is 26.5. The molecule has 7 aromatic carbocycles. The summed E-state index contributed by atoms with van der Waals surface area (Å²) in [4.78, 5) is 0. The fraction of sp³-hybridized carbons (Fsp3) is 0.156. The minimum atomic E-state index is 0.658. The maximum atomic E-state index is 2.45. The standard InChI is InChI=1S/C43H30.C2H6/c1-2-13-27-26(12-1)24-40(29-15-4-3-14-28(27)29)43-34-20-9-7-18-32(34)42(33-19-8-10-21-35(33)43)37-23-11-22-36-39-25-38(39)30-16-5-6-17-31(30)41(36)37;1-2/h1-9,11-20,22-24,38-39H,10,21,25H2;1-2H3. The summed E-state index contributed by atoms with van der Waals surface area (Å²) in [7, 11) is 0. The van der Waals surface area contributed by atoms with Gasteiger partial charge in [-0.1, -0.05) is 141 Å². The molecule has 10 rings (SSSR count). The SMILES string of the molecule is C1=Cc2c(c(-c3cc4ccccc4c4ccccc34)c3ccccc3c2-c2cccc3c2-c2ccccc2C2CC32)CC1.CC. The van der Waals surface area contributed by atoms with Crippen LogP contribution in [0.2, 0.25) is 0 Å². The topological polar surface area (TPSA) is 0 Å². The predicted octanol–water partition coefficient (Wildman–Crippen LogP) is 12.7. The van der Waals surface area contributed by atoms with Crippen LogP contribution in [0.15, 0.2) is 127 Å². The van der Waals surface area contributed by atoms with Gasteiger partial charge in [0, 0.05) is 0 Å². The van der Waals surface area contributed by atoms with Gasteiger partial charge in [0.1, 0.15) is 0 Å². The molecule has 1 saturated carbocycles. The minimum Gasteiger partial charge on any atom is -0.0836 e. The molecule has 0 radical (unpaired) electrons. The third-order valence-corrected chi connectivity index (χ3v) is 10.4. The van der Waals surface area contributed by atoms with Crippen molar-refractivity contribution in [2.45, 2.75) is 44.9 Å². The van der Waals surface area contributed by atoms with E-state index < -0.39 is 0 Å². The summed E-state index contributed by atoms with van der Waals surface area (Å²) in [6.07, 6.45) is 8.23. The van der Waals surface area contributed by atoms with Gasteiger partial charge in [-0.2, -0.15) is 0 Å². The second-order valence-corrected chi connectivity index (χ2v) is 12.6. The van der Waals surface area contributed by atoms with Gasteiger partial charge in [0.2, 0.25) is 0 Å². The van der Waals surface area contributed by atoms with Gasteiger partial charge < -0.3 is 0 Å². The van der Waals surface area contributed by atoms with Gasteiger partial charge >= 0.3 is 0 Å². The Labute approximate surface area is 265 Å². The van der Waals surface area contributed by atoms with E-state index in [-0.39, 0.29) is 0 Å². The molecule has 45 heavy (non-hydrogen) atoms. The lowest BCUT2D eigenvalue weighted by Crippen LogP contribution is -2.05. The van der Waals surface area contributed by atoms with Crippen LogP contribution in [-0.2, 0) is 6.42 Å². The van der Waals surface area contributed by atoms with E-state index >= 15 is 0 Å². The van der Waals surface area contributed by atoms with Crippen LogP contribution in [0.4, 0.5) is 0 Å². The van der Waals surface area contributed by atoms with E-state index in [1.165, 1.54) is 83.2 Å². The zero-order valence-corrected chi connectivity index (χ0v) is 26.0. The first-order valence-electron chi connectivity index (χ1n) is 16.7. The van der Waals surface area contributed by atoms with Gasteiger partial charge in [-0.05, 0) is 125 Å². The van der Waals surface area contributed by atoms with Gasteiger partial charge in [0.25, 0.3) is 0 Å². The maximum absolute atomic E-state index is 2.45. The Kier molecular flexibility index (Phi) is 6.07. The van der Waals surface area contributed by atoms with Gasteiger partial charge in [-0.3, -0.25) is 0 Å². The molecule has 3 aliphatic carbocycles. The fourth-order valence-corrected chi connectivity index (χ4v) is 8.56. The first-order valence-corrected chi connectivity index (χ1v) is 16.7. The molecule has 216 valence electrons. The lowest BCUT2D eigenvalue weighted by atomic mass is 9.76. The summed E-state index contributed by atoms with van der Waals surface area (Å²) in [6.45, 7) is 4.00. The number of benzene rings is 7. The number of hydrogen-bond acceptors (Lipinski definition) is 0. The maximum Gasteiger partial charge on any atom is -0.00234 e. The van der Waals surface area contributed by atoms with Crippen LogP contribution in [0.1, 0.15) is 60.8 Å². The number of hydrogen-bond donors (Lipinski definition) is 0. The van der Waals surface area contributed by atoms with Crippen LogP contribution in [-0.4, -0.2) is 0 Å². The molecule has 0 aromatic heterocycles. The van der Waals surface area contributed by atoms with Gasteiger partial charge in [0.05, 0.1) is 0 Å². The van der Waals surface area contributed by atoms with Crippen molar-refractivity contribution in [3.05, 3.63) is 150 Å². The molecule has 0 amide bonds. The highest BCUT2D eigenvalue weighted by Gasteiger charge is 2.46. The van der Waals surface area contributed by atoms with Crippen molar-refractivity contribution in [2.24, 2.45) is 0 Å². The second kappa shape index (κ2) is 10.3. The zero-order chi connectivity index (χ0) is 30.1. The Balaban J connectivity index is 0.00000138. The average molecular weight is 577 g/mol. The van der Waals surface area contributed by atoms with Crippen LogP contribution in [0, 0.1) is 0 Å². The molecule has 0 nitrogen and oxygen atoms in total. The minimum absolute atomic E-state index is 0.658. The summed E-state index contributed by atoms with van der Waals surface area (Å²) in [5.74, 6) is 1.35. The molecule has 2 atom stereocenters. The normalized spacial score (nSPS) is 17.2. The van der Waals surface area contributed by atoms with Crippen LogP contribution in [0.25, 0.3) is 71.8 Å². The summed E-state index contributed by atoms with van der Waals surface area (Å²) < 4.78 is 0. The fourth-order valence-electron chi connectivity index (χ4n) is 8.56. The summed E-state index contributed by atoms with van der Waals surface area (Å²) in [6, 6.07) is 45.8. The second-order valence-electron chi connectivity index (χ2n) is 12.6. The first-order chi connectivity index (χ1) is 22.4. The summed E-state index contributed by atoms with van der Waals surface area (Å²) >= 11 is 0. The summed E-state index contributed by atoms with van der Waals surface area (Å²) in [5, 5.41) is 8.00. The van der Waals surface area contributed by atoms with E-state index in [1.54, 1.807) is 11.1 Å². The Morgan fingerprint density at radius 3 is 1.96 bits per heavy atom. The van der Waals surface area contributed by atoms with Crippen molar-refractivity contribution in [1.29, 1.82) is 0 Å². The van der Waals surface area contributed by atoms with E-state index in [0.29, 0.717) is 11.8 Å². The zero-order valence-electron chi connectivity index (χ0n) is 26.0. The Morgan fingerprint density at radius 2 is 1.11 bits per heavy atom. The number of allylic oxidation sites excluding steroid dienone is 1. The average Bonchev–Trinajstić information content (AvgIpc) is 3.93. The highest BCUT2D eigenvalue weighted by molar-refractivity contribution is 6.19. The number of fused-ring (bicyclic) bond motifs is 11. The quantitative estimate of drug-likeness (QED) is 0.180. The Morgan fingerprint density at radius 1 is 0.489 bits per heavy atom. The van der Waals surface area contributed by atoms with Gasteiger partial charge in [0.15, 0.2) is 0 Å². The predicted molar refractivity (Wildman–Crippen MR) is 194 cm³/mol. The third kappa shape index (κ3) is 3.85. The highest BCUT2D eigenvalue weighted by Crippen LogP contribution is 2.64. The van der Waals surface area contributed by atoms with E-state index in [2.05, 4.69) is 133 Å². The van der Waals surface area contributed by atoms with E-state index in [9.17, 15) is 0 Å². The van der Waals surface area contributed by atoms with Crippen LogP contribution < -0.4 is 0 Å². The van der Waals surface area contributed by atoms with Crippen molar-refractivity contribution >= 4 is 38.4 Å². The highest BCUT2D eigenvalue weighted by atomic mass is 14.5. The largest absolute Gasteiger partial charge is 0.0836 e. The van der Waals surface area contributed by atoms with E-state index in [0.717, 1.165) is 12.8 Å². The molecular weight excluding hydrogens is 540 g/mol. The molecule has 1 fully saturated rings. The lowest BCUT2D eigenvalue weighted by molar-refractivity contribution is 0.991. The number of rotatable bonds is 2. The van der Waals surface area contributed by atoms with E-state index in [4.69, 9.17) is 0 Å². The van der Waals surface area contributed by atoms with Gasteiger partial charge in [-0.15, -0.1) is 0 Å². The van der Waals surface area contributed by atoms with Crippen molar-refractivity contribution < 1.29 is 0 Å². The van der Waals surface area contributed by atoms with Crippen molar-refractivity contribution in [3.8, 4) is 33.4 Å². The molecule has 2 unspecified atom stereocenters. The molecule has 0 N–H and O–H groups in total. The Hall–Kier alpha value is -4.94. The lowest BCUT2D eigenvalue weighted by Gasteiger charge is -2.28. The van der Waals surface area contributed by atoms with Crippen molar-refractivity contribution in [3.63, 3.8) is 0 Å². The van der Waals surface area contributed by atoms with Crippen LogP contribution in [0.5, 0.6) is 0 Å². The monoisotopic (exact) mass is 576 g/mol.